The average Bonchev–Trinajstić information content (AvgIpc) is 2.39. The Hall–Kier alpha value is -0.940. The predicted octanol–water partition coefficient (Wildman–Crippen LogP) is 0.992. The summed E-state index contributed by atoms with van der Waals surface area (Å²) >= 11 is 0. The van der Waals surface area contributed by atoms with Gasteiger partial charge in [-0.25, -0.2) is 0 Å². The minimum absolute atomic E-state index is 0.0377. The van der Waals surface area contributed by atoms with Crippen LogP contribution in [0.5, 0.6) is 0 Å². The van der Waals surface area contributed by atoms with Crippen LogP contribution >= 0.6 is 0 Å². The lowest BCUT2D eigenvalue weighted by Crippen LogP contribution is -2.48. The average molecular weight is 271 g/mol. The second kappa shape index (κ2) is 7.01. The number of esters is 1. The fourth-order valence-corrected chi connectivity index (χ4v) is 2.28. The van der Waals surface area contributed by atoms with Crippen molar-refractivity contribution in [2.24, 2.45) is 5.41 Å². The molecule has 0 aliphatic carbocycles. The number of Topliss-reactive ketones (excluding diaryl/α,β-unsaturated/α-hetero) is 1. The first kappa shape index (κ1) is 16.1. The first-order valence-electron chi connectivity index (χ1n) is 6.99. The van der Waals surface area contributed by atoms with Crippen molar-refractivity contribution < 1.29 is 19.4 Å². The number of hydrogen-bond donors (Lipinski definition) is 1. The van der Waals surface area contributed by atoms with Gasteiger partial charge in [-0.2, -0.15) is 0 Å². The van der Waals surface area contributed by atoms with E-state index in [-0.39, 0.29) is 31.6 Å². The molecule has 1 atom stereocenters. The standard InChI is InChI=1S/C14H25NO4/c1-4-19-13(18)14(2,3)12(17)9-15-8-6-5-7-11(15)10-16/h11,16H,4-10H2,1-3H3. The molecule has 5 heteroatoms. The summed E-state index contributed by atoms with van der Waals surface area (Å²) in [5, 5.41) is 9.33. The summed E-state index contributed by atoms with van der Waals surface area (Å²) in [6.07, 6.45) is 3.02. The molecule has 1 saturated heterocycles. The first-order valence-corrected chi connectivity index (χ1v) is 6.99. The van der Waals surface area contributed by atoms with Crippen molar-refractivity contribution >= 4 is 11.8 Å². The number of carbonyl (C=O) groups excluding carboxylic acids is 2. The van der Waals surface area contributed by atoms with Crippen LogP contribution < -0.4 is 0 Å². The maximum Gasteiger partial charge on any atom is 0.319 e. The lowest BCUT2D eigenvalue weighted by Gasteiger charge is -2.35. The van der Waals surface area contributed by atoms with Crippen molar-refractivity contribution in [2.45, 2.75) is 46.1 Å². The van der Waals surface area contributed by atoms with Gasteiger partial charge in [-0.1, -0.05) is 6.42 Å². The van der Waals surface area contributed by atoms with E-state index in [2.05, 4.69) is 0 Å². The number of ketones is 1. The molecule has 1 unspecified atom stereocenters. The van der Waals surface area contributed by atoms with E-state index in [1.807, 2.05) is 4.90 Å². The monoisotopic (exact) mass is 271 g/mol. The molecular weight excluding hydrogens is 246 g/mol. The number of likely N-dealkylation sites (tertiary alicyclic amines) is 1. The van der Waals surface area contributed by atoms with Crippen molar-refractivity contribution in [3.05, 3.63) is 0 Å². The van der Waals surface area contributed by atoms with Crippen molar-refractivity contribution in [1.82, 2.24) is 4.90 Å². The van der Waals surface area contributed by atoms with Crippen LogP contribution in [0, 0.1) is 5.41 Å². The smallest absolute Gasteiger partial charge is 0.319 e. The van der Waals surface area contributed by atoms with Crippen LogP contribution in [0.4, 0.5) is 0 Å². The molecule has 0 aromatic rings. The molecule has 0 aromatic heterocycles. The predicted molar refractivity (Wildman–Crippen MR) is 71.7 cm³/mol. The number of hydrogen-bond acceptors (Lipinski definition) is 5. The normalized spacial score (nSPS) is 21.2. The molecule has 0 aromatic carbocycles. The molecule has 0 saturated carbocycles. The molecule has 1 aliphatic rings. The Balaban J connectivity index is 2.64. The Morgan fingerprint density at radius 1 is 1.37 bits per heavy atom. The SMILES string of the molecule is CCOC(=O)C(C)(C)C(=O)CN1CCCCC1CO. The van der Waals surface area contributed by atoms with Crippen LogP contribution in [0.2, 0.25) is 0 Å². The molecule has 110 valence electrons. The van der Waals surface area contributed by atoms with Gasteiger partial charge in [0.2, 0.25) is 0 Å². The van der Waals surface area contributed by atoms with Crippen LogP contribution in [0.3, 0.4) is 0 Å². The van der Waals surface area contributed by atoms with Crippen LogP contribution in [-0.2, 0) is 14.3 Å². The molecule has 0 radical (unpaired) electrons. The van der Waals surface area contributed by atoms with Gasteiger partial charge in [-0.05, 0) is 40.2 Å². The maximum absolute atomic E-state index is 12.3. The molecule has 19 heavy (non-hydrogen) atoms. The molecule has 0 amide bonds. The Labute approximate surface area is 114 Å². The number of nitrogens with zero attached hydrogens (tertiary/aromatic N) is 1. The minimum atomic E-state index is -1.12. The van der Waals surface area contributed by atoms with Gasteiger partial charge in [0.25, 0.3) is 0 Å². The van der Waals surface area contributed by atoms with E-state index in [0.29, 0.717) is 0 Å². The van der Waals surface area contributed by atoms with Gasteiger partial charge >= 0.3 is 5.97 Å². The number of aliphatic hydroxyl groups is 1. The zero-order chi connectivity index (χ0) is 14.5. The quantitative estimate of drug-likeness (QED) is 0.576. The Morgan fingerprint density at radius 2 is 2.05 bits per heavy atom. The number of piperidine rings is 1. The Morgan fingerprint density at radius 3 is 2.63 bits per heavy atom. The third-order valence-electron chi connectivity index (χ3n) is 3.79. The largest absolute Gasteiger partial charge is 0.465 e. The van der Waals surface area contributed by atoms with Crippen molar-refractivity contribution in [3.8, 4) is 0 Å². The summed E-state index contributed by atoms with van der Waals surface area (Å²) in [5.74, 6) is -0.621. The van der Waals surface area contributed by atoms with Crippen molar-refractivity contribution in [2.75, 3.05) is 26.3 Å². The van der Waals surface area contributed by atoms with E-state index in [9.17, 15) is 14.7 Å². The molecule has 1 rings (SSSR count). The molecule has 1 heterocycles. The third-order valence-corrected chi connectivity index (χ3v) is 3.79. The van der Waals surface area contributed by atoms with Gasteiger partial charge in [0, 0.05) is 6.04 Å². The fourth-order valence-electron chi connectivity index (χ4n) is 2.28. The summed E-state index contributed by atoms with van der Waals surface area (Å²) < 4.78 is 4.94. The summed E-state index contributed by atoms with van der Waals surface area (Å²) in [4.78, 5) is 26.1. The van der Waals surface area contributed by atoms with E-state index in [1.165, 1.54) is 0 Å². The minimum Gasteiger partial charge on any atom is -0.465 e. The topological polar surface area (TPSA) is 66.8 Å². The van der Waals surface area contributed by atoms with Crippen LogP contribution in [0.15, 0.2) is 0 Å². The lowest BCUT2D eigenvalue weighted by atomic mass is 9.87. The number of carbonyl (C=O) groups is 2. The number of ether oxygens (including phenoxy) is 1. The molecule has 1 N–H and O–H groups in total. The van der Waals surface area contributed by atoms with Gasteiger partial charge < -0.3 is 9.84 Å². The number of aliphatic hydroxyl groups excluding tert-OH is 1. The molecule has 1 fully saturated rings. The van der Waals surface area contributed by atoms with Crippen LogP contribution in [0.25, 0.3) is 0 Å². The highest BCUT2D eigenvalue weighted by Crippen LogP contribution is 2.22. The van der Waals surface area contributed by atoms with E-state index >= 15 is 0 Å². The van der Waals surface area contributed by atoms with Gasteiger partial charge in [-0.3, -0.25) is 14.5 Å². The van der Waals surface area contributed by atoms with E-state index in [1.54, 1.807) is 20.8 Å². The molecule has 1 aliphatic heterocycles. The van der Waals surface area contributed by atoms with E-state index in [0.717, 1.165) is 25.8 Å². The van der Waals surface area contributed by atoms with Crippen molar-refractivity contribution in [3.63, 3.8) is 0 Å². The zero-order valence-corrected chi connectivity index (χ0v) is 12.1. The first-order chi connectivity index (χ1) is 8.93. The van der Waals surface area contributed by atoms with Crippen LogP contribution in [-0.4, -0.2) is 54.1 Å². The van der Waals surface area contributed by atoms with Crippen LogP contribution in [0.1, 0.15) is 40.0 Å². The molecular formula is C14H25NO4. The van der Waals surface area contributed by atoms with E-state index in [4.69, 9.17) is 4.74 Å². The number of rotatable bonds is 6. The van der Waals surface area contributed by atoms with Gasteiger partial charge in [0.1, 0.15) is 5.41 Å². The summed E-state index contributed by atoms with van der Waals surface area (Å²) in [6, 6.07) is 0.0377. The van der Waals surface area contributed by atoms with Gasteiger partial charge in [0.05, 0.1) is 19.8 Å². The summed E-state index contributed by atoms with van der Waals surface area (Å²) in [5.41, 5.74) is -1.12. The third kappa shape index (κ3) is 4.01. The summed E-state index contributed by atoms with van der Waals surface area (Å²) in [7, 11) is 0. The maximum atomic E-state index is 12.3. The Kier molecular flexibility index (Phi) is 5.94. The van der Waals surface area contributed by atoms with Crippen molar-refractivity contribution in [1.29, 1.82) is 0 Å². The lowest BCUT2D eigenvalue weighted by molar-refractivity contribution is -0.158. The highest BCUT2D eigenvalue weighted by molar-refractivity contribution is 6.03. The fraction of sp³-hybridized carbons (Fsp3) is 0.857. The van der Waals surface area contributed by atoms with Gasteiger partial charge in [0.15, 0.2) is 5.78 Å². The zero-order valence-electron chi connectivity index (χ0n) is 12.1. The second-order valence-electron chi connectivity index (χ2n) is 5.57. The highest BCUT2D eigenvalue weighted by Gasteiger charge is 2.38. The summed E-state index contributed by atoms with van der Waals surface area (Å²) in [6.45, 7) is 6.28. The molecule has 0 spiro atoms. The van der Waals surface area contributed by atoms with E-state index < -0.39 is 11.4 Å². The second-order valence-corrected chi connectivity index (χ2v) is 5.57. The Bertz CT molecular complexity index is 327. The molecule has 0 bridgehead atoms. The van der Waals surface area contributed by atoms with Gasteiger partial charge in [-0.15, -0.1) is 0 Å². The highest BCUT2D eigenvalue weighted by atomic mass is 16.5. The molecule has 5 nitrogen and oxygen atoms in total.